The summed E-state index contributed by atoms with van der Waals surface area (Å²) in [6, 6.07) is 0. The molecule has 2 heterocycles. The van der Waals surface area contributed by atoms with Crippen molar-refractivity contribution in [3.05, 3.63) is 22.9 Å². The van der Waals surface area contributed by atoms with Crippen LogP contribution in [0.4, 0.5) is 5.00 Å². The standard InChI is InChI=1S/C10H11N5O3S/c1-3-5-11-7(14-13-5)8(16)12-9-6(10(17)18)4(2)15-19-9/h3H2,1-2H3,(H,12,16)(H,17,18)(H,11,13,14). The average Bonchev–Trinajstić information content (AvgIpc) is 2.96. The second kappa shape index (κ2) is 5.14. The van der Waals surface area contributed by atoms with Crippen LogP contribution in [0, 0.1) is 6.92 Å². The molecule has 1 amide bonds. The van der Waals surface area contributed by atoms with Crippen molar-refractivity contribution in [1.82, 2.24) is 19.6 Å². The van der Waals surface area contributed by atoms with E-state index in [9.17, 15) is 9.59 Å². The highest BCUT2D eigenvalue weighted by Gasteiger charge is 2.21. The van der Waals surface area contributed by atoms with Gasteiger partial charge in [-0.25, -0.2) is 9.78 Å². The molecular formula is C10H11N5O3S. The Labute approximate surface area is 112 Å². The third-order valence-electron chi connectivity index (χ3n) is 2.37. The van der Waals surface area contributed by atoms with E-state index in [1.807, 2.05) is 6.92 Å². The van der Waals surface area contributed by atoms with E-state index in [1.54, 1.807) is 6.92 Å². The topological polar surface area (TPSA) is 121 Å². The maximum Gasteiger partial charge on any atom is 0.340 e. The first-order chi connectivity index (χ1) is 9.02. The molecule has 2 aromatic rings. The van der Waals surface area contributed by atoms with Crippen LogP contribution in [-0.2, 0) is 6.42 Å². The molecule has 0 aromatic carbocycles. The first-order valence-corrected chi connectivity index (χ1v) is 6.22. The number of amides is 1. The monoisotopic (exact) mass is 281 g/mol. The van der Waals surface area contributed by atoms with Gasteiger partial charge in [-0.1, -0.05) is 6.92 Å². The molecule has 0 unspecified atom stereocenters. The van der Waals surface area contributed by atoms with Crippen molar-refractivity contribution in [2.45, 2.75) is 20.3 Å². The summed E-state index contributed by atoms with van der Waals surface area (Å²) in [5.41, 5.74) is 0.349. The molecule has 19 heavy (non-hydrogen) atoms. The number of aromatic amines is 1. The number of nitrogens with one attached hydrogen (secondary N) is 2. The molecule has 9 heteroatoms. The van der Waals surface area contributed by atoms with E-state index in [-0.39, 0.29) is 16.4 Å². The number of carbonyl (C=O) groups excluding carboxylic acids is 1. The normalized spacial score (nSPS) is 10.4. The highest BCUT2D eigenvalue weighted by atomic mass is 32.1. The van der Waals surface area contributed by atoms with Gasteiger partial charge in [0.1, 0.15) is 16.4 Å². The van der Waals surface area contributed by atoms with Crippen LogP contribution in [0.25, 0.3) is 0 Å². The minimum absolute atomic E-state index is 0.00963. The Morgan fingerprint density at radius 3 is 2.79 bits per heavy atom. The quantitative estimate of drug-likeness (QED) is 0.771. The molecule has 3 N–H and O–H groups in total. The molecule has 2 aromatic heterocycles. The van der Waals surface area contributed by atoms with Gasteiger partial charge in [0.25, 0.3) is 5.91 Å². The lowest BCUT2D eigenvalue weighted by molar-refractivity contribution is 0.0697. The molecule has 0 spiro atoms. The summed E-state index contributed by atoms with van der Waals surface area (Å²) < 4.78 is 3.90. The molecule has 100 valence electrons. The van der Waals surface area contributed by atoms with Gasteiger partial charge in [0.05, 0.1) is 5.69 Å². The number of anilines is 1. The Morgan fingerprint density at radius 2 is 2.21 bits per heavy atom. The van der Waals surface area contributed by atoms with Crippen LogP contribution in [0.5, 0.6) is 0 Å². The van der Waals surface area contributed by atoms with Crippen LogP contribution in [0.2, 0.25) is 0 Å². The van der Waals surface area contributed by atoms with Gasteiger partial charge in [-0.05, 0) is 18.5 Å². The van der Waals surface area contributed by atoms with E-state index in [1.165, 1.54) is 0 Å². The van der Waals surface area contributed by atoms with E-state index in [0.717, 1.165) is 11.5 Å². The van der Waals surface area contributed by atoms with Crippen LogP contribution in [0.1, 0.15) is 39.4 Å². The number of aromatic carboxylic acids is 1. The van der Waals surface area contributed by atoms with E-state index in [2.05, 4.69) is 24.9 Å². The highest BCUT2D eigenvalue weighted by molar-refractivity contribution is 7.11. The van der Waals surface area contributed by atoms with Crippen molar-refractivity contribution >= 4 is 28.4 Å². The Balaban J connectivity index is 2.21. The predicted octanol–water partition coefficient (Wildman–Crippen LogP) is 1.08. The minimum atomic E-state index is -1.13. The van der Waals surface area contributed by atoms with E-state index < -0.39 is 11.9 Å². The third kappa shape index (κ3) is 2.60. The van der Waals surface area contributed by atoms with Gasteiger partial charge in [-0.2, -0.15) is 4.37 Å². The van der Waals surface area contributed by atoms with E-state index in [0.29, 0.717) is 17.9 Å². The molecule has 0 saturated heterocycles. The van der Waals surface area contributed by atoms with Gasteiger partial charge in [0.15, 0.2) is 0 Å². The maximum atomic E-state index is 11.9. The molecule has 0 fully saturated rings. The molecule has 2 rings (SSSR count). The van der Waals surface area contributed by atoms with Gasteiger partial charge >= 0.3 is 5.97 Å². The Morgan fingerprint density at radius 1 is 1.47 bits per heavy atom. The zero-order chi connectivity index (χ0) is 14.0. The summed E-state index contributed by atoms with van der Waals surface area (Å²) in [6.07, 6.45) is 0.625. The van der Waals surface area contributed by atoms with Gasteiger partial charge in [-0.15, -0.1) is 5.10 Å². The number of nitrogens with zero attached hydrogens (tertiary/aromatic N) is 3. The van der Waals surface area contributed by atoms with Gasteiger partial charge in [0, 0.05) is 6.42 Å². The summed E-state index contributed by atoms with van der Waals surface area (Å²) >= 11 is 0.912. The maximum absolute atomic E-state index is 11.9. The number of aryl methyl sites for hydroxylation is 2. The summed E-state index contributed by atoms with van der Waals surface area (Å²) in [5, 5.41) is 18.0. The molecule has 0 aliphatic carbocycles. The summed E-state index contributed by atoms with van der Waals surface area (Å²) in [4.78, 5) is 26.9. The number of hydrogen-bond acceptors (Lipinski definition) is 6. The number of rotatable bonds is 4. The number of aromatic nitrogens is 4. The Hall–Kier alpha value is -2.29. The zero-order valence-electron chi connectivity index (χ0n) is 10.2. The zero-order valence-corrected chi connectivity index (χ0v) is 11.0. The highest BCUT2D eigenvalue weighted by Crippen LogP contribution is 2.24. The smallest absolute Gasteiger partial charge is 0.340 e. The number of carbonyl (C=O) groups is 2. The average molecular weight is 281 g/mol. The fourth-order valence-corrected chi connectivity index (χ4v) is 2.21. The number of hydrogen-bond donors (Lipinski definition) is 3. The molecule has 0 atom stereocenters. The molecule has 0 aliphatic heterocycles. The lowest BCUT2D eigenvalue weighted by Gasteiger charge is -2.00. The molecular weight excluding hydrogens is 270 g/mol. The van der Waals surface area contributed by atoms with Gasteiger partial charge in [-0.3, -0.25) is 9.89 Å². The Kier molecular flexibility index (Phi) is 3.56. The van der Waals surface area contributed by atoms with Crippen molar-refractivity contribution in [1.29, 1.82) is 0 Å². The third-order valence-corrected chi connectivity index (χ3v) is 3.23. The second-order valence-electron chi connectivity index (χ2n) is 3.69. The SMILES string of the molecule is CCc1nc(C(=O)Nc2snc(C)c2C(=O)O)n[nH]1. The van der Waals surface area contributed by atoms with Crippen molar-refractivity contribution in [3.8, 4) is 0 Å². The molecule has 8 nitrogen and oxygen atoms in total. The van der Waals surface area contributed by atoms with Crippen molar-refractivity contribution < 1.29 is 14.7 Å². The Bertz CT molecular complexity index is 633. The van der Waals surface area contributed by atoms with Crippen LogP contribution in [0.15, 0.2) is 0 Å². The molecule has 0 saturated carbocycles. The summed E-state index contributed by atoms with van der Waals surface area (Å²) in [7, 11) is 0. The minimum Gasteiger partial charge on any atom is -0.478 e. The molecule has 0 aliphatic rings. The van der Waals surface area contributed by atoms with Crippen molar-refractivity contribution in [3.63, 3.8) is 0 Å². The van der Waals surface area contributed by atoms with Gasteiger partial charge in [0.2, 0.25) is 5.82 Å². The lowest BCUT2D eigenvalue weighted by Crippen LogP contribution is -2.15. The summed E-state index contributed by atoms with van der Waals surface area (Å²) in [5.74, 6) is -1.14. The van der Waals surface area contributed by atoms with Crippen LogP contribution in [0.3, 0.4) is 0 Å². The van der Waals surface area contributed by atoms with E-state index >= 15 is 0 Å². The predicted molar refractivity (Wildman–Crippen MR) is 67.5 cm³/mol. The fraction of sp³-hybridized carbons (Fsp3) is 0.300. The lowest BCUT2D eigenvalue weighted by atomic mass is 10.2. The second-order valence-corrected chi connectivity index (χ2v) is 4.46. The number of carboxylic acids is 1. The van der Waals surface area contributed by atoms with Crippen LogP contribution < -0.4 is 5.32 Å². The number of H-pyrrole nitrogens is 1. The van der Waals surface area contributed by atoms with Crippen LogP contribution >= 0.6 is 11.5 Å². The molecule has 0 bridgehead atoms. The van der Waals surface area contributed by atoms with Crippen LogP contribution in [-0.4, -0.2) is 36.5 Å². The molecule has 0 radical (unpaired) electrons. The largest absolute Gasteiger partial charge is 0.478 e. The van der Waals surface area contributed by atoms with E-state index in [4.69, 9.17) is 5.11 Å². The van der Waals surface area contributed by atoms with Gasteiger partial charge < -0.3 is 10.4 Å². The van der Waals surface area contributed by atoms with Crippen molar-refractivity contribution in [2.75, 3.05) is 5.32 Å². The summed E-state index contributed by atoms with van der Waals surface area (Å²) in [6.45, 7) is 3.44. The fourth-order valence-electron chi connectivity index (χ4n) is 1.42. The first kappa shape index (κ1) is 13.1. The van der Waals surface area contributed by atoms with Crippen molar-refractivity contribution in [2.24, 2.45) is 0 Å². The number of carboxylic acid groups (broad SMARTS) is 1. The first-order valence-electron chi connectivity index (χ1n) is 5.45.